The molecule has 3 aromatic rings. The second-order valence-corrected chi connectivity index (χ2v) is 7.00. The molecular formula is C22H22N4O4. The van der Waals surface area contributed by atoms with Gasteiger partial charge in [-0.25, -0.2) is 9.78 Å². The maximum absolute atomic E-state index is 13.1. The van der Waals surface area contributed by atoms with Crippen LogP contribution in [0.15, 0.2) is 59.8 Å². The fraction of sp³-hybridized carbons (Fsp3) is 0.273. The van der Waals surface area contributed by atoms with Gasteiger partial charge < -0.3 is 10.1 Å². The van der Waals surface area contributed by atoms with Gasteiger partial charge in [-0.15, -0.1) is 0 Å². The molecule has 30 heavy (non-hydrogen) atoms. The van der Waals surface area contributed by atoms with Crippen LogP contribution in [0.3, 0.4) is 0 Å². The summed E-state index contributed by atoms with van der Waals surface area (Å²) in [7, 11) is 0. The molecule has 0 bridgehead atoms. The number of allylic oxidation sites excluding steroid dienone is 1. The predicted molar refractivity (Wildman–Crippen MR) is 113 cm³/mol. The van der Waals surface area contributed by atoms with Crippen LogP contribution in [0.25, 0.3) is 11.0 Å². The van der Waals surface area contributed by atoms with E-state index in [9.17, 15) is 14.9 Å². The quantitative estimate of drug-likeness (QED) is 0.365. The van der Waals surface area contributed by atoms with Crippen molar-refractivity contribution in [2.75, 3.05) is 11.9 Å². The van der Waals surface area contributed by atoms with Gasteiger partial charge in [-0.1, -0.05) is 37.6 Å². The van der Waals surface area contributed by atoms with Crippen molar-refractivity contribution >= 4 is 28.6 Å². The maximum Gasteiger partial charge on any atom is 0.338 e. The number of ether oxygens (including phenoxy) is 1. The van der Waals surface area contributed by atoms with E-state index in [1.54, 1.807) is 25.1 Å². The smallest absolute Gasteiger partial charge is 0.338 e. The monoisotopic (exact) mass is 406 g/mol. The van der Waals surface area contributed by atoms with Crippen molar-refractivity contribution in [2.45, 2.75) is 32.7 Å². The first-order valence-corrected chi connectivity index (χ1v) is 9.94. The van der Waals surface area contributed by atoms with Crippen molar-refractivity contribution in [3.63, 3.8) is 0 Å². The Morgan fingerprint density at radius 1 is 1.20 bits per heavy atom. The third-order valence-electron chi connectivity index (χ3n) is 5.14. The molecule has 1 aromatic heterocycles. The number of imidazole rings is 1. The highest BCUT2D eigenvalue weighted by Gasteiger charge is 2.38. The highest BCUT2D eigenvalue weighted by atomic mass is 16.6. The number of rotatable bonds is 6. The van der Waals surface area contributed by atoms with Gasteiger partial charge in [0.25, 0.3) is 5.69 Å². The summed E-state index contributed by atoms with van der Waals surface area (Å²) in [6.45, 7) is 3.96. The summed E-state index contributed by atoms with van der Waals surface area (Å²) in [4.78, 5) is 29.2. The number of nitrogens with zero attached hydrogens (tertiary/aromatic N) is 3. The molecule has 8 nitrogen and oxygen atoms in total. The Kier molecular flexibility index (Phi) is 5.22. The van der Waals surface area contributed by atoms with Crippen LogP contribution in [0.1, 0.15) is 38.3 Å². The number of aromatic nitrogens is 2. The number of nitro benzene ring substituents is 1. The van der Waals surface area contributed by atoms with Crippen LogP contribution in [0.2, 0.25) is 0 Å². The molecule has 1 atom stereocenters. The van der Waals surface area contributed by atoms with E-state index < -0.39 is 16.9 Å². The van der Waals surface area contributed by atoms with Crippen molar-refractivity contribution in [2.24, 2.45) is 0 Å². The molecule has 0 radical (unpaired) electrons. The highest BCUT2D eigenvalue weighted by molar-refractivity contribution is 5.94. The molecule has 0 unspecified atom stereocenters. The van der Waals surface area contributed by atoms with Crippen LogP contribution in [0.5, 0.6) is 0 Å². The molecule has 0 aliphatic carbocycles. The molecule has 0 saturated heterocycles. The molecule has 4 rings (SSSR count). The molecule has 0 saturated carbocycles. The fourth-order valence-electron chi connectivity index (χ4n) is 3.96. The lowest BCUT2D eigenvalue weighted by molar-refractivity contribution is -0.385. The molecule has 0 spiro atoms. The number of esters is 1. The number of anilines is 1. The van der Waals surface area contributed by atoms with E-state index in [1.165, 1.54) is 6.07 Å². The topological polar surface area (TPSA) is 99.3 Å². The largest absolute Gasteiger partial charge is 0.463 e. The summed E-state index contributed by atoms with van der Waals surface area (Å²) in [5.74, 6) is 0.0656. The van der Waals surface area contributed by atoms with Gasteiger partial charge >= 0.3 is 5.97 Å². The summed E-state index contributed by atoms with van der Waals surface area (Å²) in [6.07, 6.45) is 1.38. The number of hydrogen-bond acceptors (Lipinski definition) is 6. The average molecular weight is 406 g/mol. The molecule has 154 valence electrons. The number of nitro groups is 1. The predicted octanol–water partition coefficient (Wildman–Crippen LogP) is 4.58. The zero-order valence-electron chi connectivity index (χ0n) is 16.8. The molecule has 0 fully saturated rings. The molecule has 2 aromatic carbocycles. The van der Waals surface area contributed by atoms with Crippen LogP contribution in [-0.4, -0.2) is 27.1 Å². The number of carbonyl (C=O) groups excluding carboxylic acids is 1. The molecule has 0 amide bonds. The lowest BCUT2D eigenvalue weighted by Crippen LogP contribution is -2.30. The molecule has 1 N–H and O–H groups in total. The summed E-state index contributed by atoms with van der Waals surface area (Å²) >= 11 is 0. The van der Waals surface area contributed by atoms with Gasteiger partial charge in [0.15, 0.2) is 0 Å². The van der Waals surface area contributed by atoms with Gasteiger partial charge in [0.05, 0.1) is 33.7 Å². The SMILES string of the molecule is CCCC1=C(C(=O)OCC)[C@@H](c2ccccc2[N+](=O)[O-])n2c(nc3ccccc32)N1. The first kappa shape index (κ1) is 19.6. The number of nitrogens with one attached hydrogen (secondary N) is 1. The molecular weight excluding hydrogens is 384 g/mol. The third-order valence-corrected chi connectivity index (χ3v) is 5.14. The van der Waals surface area contributed by atoms with Crippen molar-refractivity contribution in [3.8, 4) is 0 Å². The van der Waals surface area contributed by atoms with Crippen molar-refractivity contribution in [1.82, 2.24) is 9.55 Å². The van der Waals surface area contributed by atoms with Gasteiger partial charge in [-0.3, -0.25) is 14.7 Å². The maximum atomic E-state index is 13.1. The lowest BCUT2D eigenvalue weighted by atomic mass is 9.92. The van der Waals surface area contributed by atoms with E-state index in [0.29, 0.717) is 29.2 Å². The Hall–Kier alpha value is -3.68. The minimum Gasteiger partial charge on any atom is -0.463 e. The second kappa shape index (κ2) is 7.98. The summed E-state index contributed by atoms with van der Waals surface area (Å²) in [6, 6.07) is 13.3. The summed E-state index contributed by atoms with van der Waals surface area (Å²) in [5, 5.41) is 15.1. The highest BCUT2D eigenvalue weighted by Crippen LogP contribution is 2.43. The van der Waals surface area contributed by atoms with Crippen LogP contribution in [0.4, 0.5) is 11.6 Å². The fourth-order valence-corrected chi connectivity index (χ4v) is 3.96. The Morgan fingerprint density at radius 2 is 1.93 bits per heavy atom. The number of carbonyl (C=O) groups is 1. The van der Waals surface area contributed by atoms with Crippen LogP contribution < -0.4 is 5.32 Å². The van der Waals surface area contributed by atoms with E-state index >= 15 is 0 Å². The number of benzene rings is 2. The van der Waals surface area contributed by atoms with Gasteiger partial charge in [0, 0.05) is 11.8 Å². The number of fused-ring (bicyclic) bond motifs is 3. The molecule has 1 aliphatic heterocycles. The lowest BCUT2D eigenvalue weighted by Gasteiger charge is -2.31. The molecule has 8 heteroatoms. The van der Waals surface area contributed by atoms with Gasteiger partial charge in [0.1, 0.15) is 6.04 Å². The minimum atomic E-state index is -0.726. The Balaban J connectivity index is 2.05. The van der Waals surface area contributed by atoms with E-state index in [0.717, 1.165) is 17.5 Å². The third kappa shape index (κ3) is 3.20. The summed E-state index contributed by atoms with van der Waals surface area (Å²) in [5.41, 5.74) is 2.95. The Morgan fingerprint density at radius 3 is 2.67 bits per heavy atom. The normalized spacial score (nSPS) is 15.6. The van der Waals surface area contributed by atoms with Crippen molar-refractivity contribution in [3.05, 3.63) is 75.5 Å². The summed E-state index contributed by atoms with van der Waals surface area (Å²) < 4.78 is 7.22. The Labute approximate surface area is 173 Å². The first-order valence-electron chi connectivity index (χ1n) is 9.94. The Bertz CT molecular complexity index is 1160. The van der Waals surface area contributed by atoms with Crippen LogP contribution in [-0.2, 0) is 9.53 Å². The standard InChI is InChI=1S/C22H22N4O4/c1-3-9-16-19(21(27)30-4-2)20(14-10-5-7-12-17(14)26(28)29)25-18-13-8-6-11-15(18)23-22(25)24-16/h5-8,10-13,20H,3-4,9H2,1-2H3,(H,23,24)/t20-/m1/s1. The second-order valence-electron chi connectivity index (χ2n) is 7.00. The molecule has 2 heterocycles. The zero-order chi connectivity index (χ0) is 21.3. The average Bonchev–Trinajstić information content (AvgIpc) is 3.11. The van der Waals surface area contributed by atoms with Crippen LogP contribution in [0, 0.1) is 10.1 Å². The van der Waals surface area contributed by atoms with E-state index in [4.69, 9.17) is 4.74 Å². The number of para-hydroxylation sites is 3. The number of hydrogen-bond donors (Lipinski definition) is 1. The van der Waals surface area contributed by atoms with E-state index in [1.807, 2.05) is 35.8 Å². The first-order chi connectivity index (χ1) is 14.6. The van der Waals surface area contributed by atoms with Crippen molar-refractivity contribution < 1.29 is 14.5 Å². The van der Waals surface area contributed by atoms with Crippen LogP contribution >= 0.6 is 0 Å². The van der Waals surface area contributed by atoms with E-state index in [2.05, 4.69) is 10.3 Å². The molecule has 1 aliphatic rings. The van der Waals surface area contributed by atoms with E-state index in [-0.39, 0.29) is 12.3 Å². The van der Waals surface area contributed by atoms with Crippen molar-refractivity contribution in [1.29, 1.82) is 0 Å². The van der Waals surface area contributed by atoms with Gasteiger partial charge in [-0.05, 0) is 31.5 Å². The van der Waals surface area contributed by atoms with Gasteiger partial charge in [0.2, 0.25) is 5.95 Å². The van der Waals surface area contributed by atoms with Gasteiger partial charge in [-0.2, -0.15) is 0 Å². The minimum absolute atomic E-state index is 0.0502. The zero-order valence-corrected chi connectivity index (χ0v) is 16.8.